The molecular formula is C14H19N3. The van der Waals surface area contributed by atoms with Crippen LogP contribution in [0.15, 0.2) is 24.4 Å². The molecule has 3 rings (SSSR count). The first kappa shape index (κ1) is 10.8. The lowest BCUT2D eigenvalue weighted by Crippen LogP contribution is -2.36. The first-order valence-electron chi connectivity index (χ1n) is 6.50. The van der Waals surface area contributed by atoms with Gasteiger partial charge in [-0.1, -0.05) is 12.5 Å². The molecule has 0 bridgehead atoms. The highest BCUT2D eigenvalue weighted by molar-refractivity contribution is 5.43. The summed E-state index contributed by atoms with van der Waals surface area (Å²) < 4.78 is 2.23. The minimum atomic E-state index is 0.627. The van der Waals surface area contributed by atoms with E-state index in [-0.39, 0.29) is 0 Å². The Morgan fingerprint density at radius 3 is 3.18 bits per heavy atom. The van der Waals surface area contributed by atoms with Crippen LogP contribution >= 0.6 is 0 Å². The smallest absolute Gasteiger partial charge is 0.137 e. The van der Waals surface area contributed by atoms with Gasteiger partial charge in [0.1, 0.15) is 5.65 Å². The molecule has 1 aliphatic heterocycles. The molecule has 1 atom stereocenters. The van der Waals surface area contributed by atoms with Crippen molar-refractivity contribution in [2.45, 2.75) is 38.6 Å². The maximum Gasteiger partial charge on any atom is 0.137 e. The molecule has 0 aliphatic carbocycles. The third-order valence-electron chi connectivity index (χ3n) is 3.68. The number of piperidine rings is 1. The summed E-state index contributed by atoms with van der Waals surface area (Å²) >= 11 is 0. The Labute approximate surface area is 102 Å². The van der Waals surface area contributed by atoms with E-state index in [4.69, 9.17) is 0 Å². The van der Waals surface area contributed by atoms with E-state index >= 15 is 0 Å². The minimum Gasteiger partial charge on any atom is -0.314 e. The summed E-state index contributed by atoms with van der Waals surface area (Å²) in [5, 5.41) is 3.61. The zero-order valence-corrected chi connectivity index (χ0v) is 10.3. The predicted octanol–water partition coefficient (Wildman–Crippen LogP) is 2.33. The van der Waals surface area contributed by atoms with Crippen molar-refractivity contribution in [2.24, 2.45) is 0 Å². The molecule has 1 unspecified atom stereocenters. The van der Waals surface area contributed by atoms with Crippen LogP contribution < -0.4 is 5.32 Å². The van der Waals surface area contributed by atoms with Gasteiger partial charge in [-0.3, -0.25) is 0 Å². The summed E-state index contributed by atoms with van der Waals surface area (Å²) in [6.45, 7) is 3.28. The van der Waals surface area contributed by atoms with E-state index in [1.807, 2.05) is 6.07 Å². The SMILES string of the molecule is Cc1nc2ccccn2c1CC1CCCCN1. The second kappa shape index (κ2) is 4.49. The number of pyridine rings is 1. The molecule has 0 saturated carbocycles. The predicted molar refractivity (Wildman–Crippen MR) is 69.3 cm³/mol. The number of aryl methyl sites for hydroxylation is 1. The molecule has 0 radical (unpaired) electrons. The highest BCUT2D eigenvalue weighted by atomic mass is 15.0. The van der Waals surface area contributed by atoms with Gasteiger partial charge >= 0.3 is 0 Å². The molecule has 0 aromatic carbocycles. The summed E-state index contributed by atoms with van der Waals surface area (Å²) in [6, 6.07) is 6.82. The number of hydrogen-bond acceptors (Lipinski definition) is 2. The van der Waals surface area contributed by atoms with Gasteiger partial charge < -0.3 is 9.72 Å². The molecule has 1 N–H and O–H groups in total. The zero-order chi connectivity index (χ0) is 11.7. The van der Waals surface area contributed by atoms with Crippen molar-refractivity contribution in [3.8, 4) is 0 Å². The summed E-state index contributed by atoms with van der Waals surface area (Å²) in [6.07, 6.45) is 7.18. The highest BCUT2D eigenvalue weighted by Gasteiger charge is 2.17. The Bertz CT molecular complexity index is 509. The molecule has 2 aromatic heterocycles. The van der Waals surface area contributed by atoms with Crippen molar-refractivity contribution in [3.63, 3.8) is 0 Å². The number of fused-ring (bicyclic) bond motifs is 1. The van der Waals surface area contributed by atoms with Crippen LogP contribution in [0.2, 0.25) is 0 Å². The molecule has 0 spiro atoms. The molecular weight excluding hydrogens is 210 g/mol. The highest BCUT2D eigenvalue weighted by Crippen LogP contribution is 2.17. The summed E-state index contributed by atoms with van der Waals surface area (Å²) in [4.78, 5) is 4.61. The zero-order valence-electron chi connectivity index (χ0n) is 10.3. The lowest BCUT2D eigenvalue weighted by Gasteiger charge is -2.23. The summed E-state index contributed by atoms with van der Waals surface area (Å²) in [7, 11) is 0. The van der Waals surface area contributed by atoms with Gasteiger partial charge in [-0.25, -0.2) is 4.98 Å². The second-order valence-corrected chi connectivity index (χ2v) is 4.92. The lowest BCUT2D eigenvalue weighted by atomic mass is 10.00. The molecule has 17 heavy (non-hydrogen) atoms. The fraction of sp³-hybridized carbons (Fsp3) is 0.500. The van der Waals surface area contributed by atoms with E-state index in [1.54, 1.807) is 0 Å². The van der Waals surface area contributed by atoms with E-state index in [2.05, 4.69) is 40.0 Å². The first-order valence-corrected chi connectivity index (χ1v) is 6.50. The Balaban J connectivity index is 1.90. The van der Waals surface area contributed by atoms with E-state index in [9.17, 15) is 0 Å². The Kier molecular flexibility index (Phi) is 2.85. The Hall–Kier alpha value is -1.35. The number of imidazole rings is 1. The van der Waals surface area contributed by atoms with E-state index < -0.39 is 0 Å². The van der Waals surface area contributed by atoms with Crippen LogP contribution in [0.4, 0.5) is 0 Å². The molecule has 1 saturated heterocycles. The average molecular weight is 229 g/mol. The lowest BCUT2D eigenvalue weighted by molar-refractivity contribution is 0.396. The number of nitrogens with zero attached hydrogens (tertiary/aromatic N) is 2. The van der Waals surface area contributed by atoms with E-state index in [0.29, 0.717) is 6.04 Å². The van der Waals surface area contributed by atoms with Crippen molar-refractivity contribution >= 4 is 5.65 Å². The molecule has 2 aromatic rings. The van der Waals surface area contributed by atoms with Gasteiger partial charge in [0.25, 0.3) is 0 Å². The van der Waals surface area contributed by atoms with Gasteiger partial charge in [0, 0.05) is 24.4 Å². The first-order chi connectivity index (χ1) is 8.34. The Morgan fingerprint density at radius 1 is 1.41 bits per heavy atom. The summed E-state index contributed by atoms with van der Waals surface area (Å²) in [5.41, 5.74) is 3.60. The maximum atomic E-state index is 4.61. The van der Waals surface area contributed by atoms with Crippen LogP contribution in [0.25, 0.3) is 5.65 Å². The molecule has 90 valence electrons. The van der Waals surface area contributed by atoms with Crippen molar-refractivity contribution in [3.05, 3.63) is 35.8 Å². The van der Waals surface area contributed by atoms with E-state index in [0.717, 1.165) is 12.1 Å². The number of aromatic nitrogens is 2. The standard InChI is InChI=1S/C14H19N3/c1-11-13(10-12-6-2-4-8-15-12)17-9-5-3-7-14(17)16-11/h3,5,7,9,12,15H,2,4,6,8,10H2,1H3. The summed E-state index contributed by atoms with van der Waals surface area (Å²) in [5.74, 6) is 0. The van der Waals surface area contributed by atoms with Crippen molar-refractivity contribution in [1.29, 1.82) is 0 Å². The molecule has 0 amide bonds. The monoisotopic (exact) mass is 229 g/mol. The van der Waals surface area contributed by atoms with Crippen molar-refractivity contribution < 1.29 is 0 Å². The van der Waals surface area contributed by atoms with Gasteiger partial charge in [0.2, 0.25) is 0 Å². The van der Waals surface area contributed by atoms with Crippen molar-refractivity contribution in [1.82, 2.24) is 14.7 Å². The Morgan fingerprint density at radius 2 is 2.35 bits per heavy atom. The van der Waals surface area contributed by atoms with E-state index in [1.165, 1.54) is 37.2 Å². The molecule has 3 nitrogen and oxygen atoms in total. The van der Waals surface area contributed by atoms with Crippen LogP contribution in [0.5, 0.6) is 0 Å². The molecule has 1 fully saturated rings. The topological polar surface area (TPSA) is 29.3 Å². The molecule has 3 heterocycles. The van der Waals surface area contributed by atoms with Crippen LogP contribution in [0.1, 0.15) is 30.7 Å². The number of nitrogens with one attached hydrogen (secondary N) is 1. The van der Waals surface area contributed by atoms with Crippen LogP contribution in [0.3, 0.4) is 0 Å². The second-order valence-electron chi connectivity index (χ2n) is 4.92. The fourth-order valence-corrected chi connectivity index (χ4v) is 2.74. The largest absolute Gasteiger partial charge is 0.314 e. The van der Waals surface area contributed by atoms with Crippen LogP contribution in [-0.4, -0.2) is 22.0 Å². The van der Waals surface area contributed by atoms with Crippen molar-refractivity contribution in [2.75, 3.05) is 6.54 Å². The molecule has 1 aliphatic rings. The molecule has 3 heteroatoms. The number of rotatable bonds is 2. The van der Waals surface area contributed by atoms with Gasteiger partial charge in [0.15, 0.2) is 0 Å². The van der Waals surface area contributed by atoms with Gasteiger partial charge in [-0.05, 0) is 38.4 Å². The van der Waals surface area contributed by atoms with Gasteiger partial charge in [-0.2, -0.15) is 0 Å². The van der Waals surface area contributed by atoms with Crippen LogP contribution in [-0.2, 0) is 6.42 Å². The fourth-order valence-electron chi connectivity index (χ4n) is 2.74. The van der Waals surface area contributed by atoms with Gasteiger partial charge in [-0.15, -0.1) is 0 Å². The maximum absolute atomic E-state index is 4.61. The average Bonchev–Trinajstić information content (AvgIpc) is 2.68. The minimum absolute atomic E-state index is 0.627. The quantitative estimate of drug-likeness (QED) is 0.856. The normalized spacial score (nSPS) is 20.9. The number of hydrogen-bond donors (Lipinski definition) is 1. The van der Waals surface area contributed by atoms with Gasteiger partial charge in [0.05, 0.1) is 5.69 Å². The third kappa shape index (κ3) is 2.07. The van der Waals surface area contributed by atoms with Crippen LogP contribution in [0, 0.1) is 6.92 Å². The third-order valence-corrected chi connectivity index (χ3v) is 3.68.